The summed E-state index contributed by atoms with van der Waals surface area (Å²) in [5.41, 5.74) is 0. The Bertz CT molecular complexity index is 441. The fraction of sp³-hybridized carbons (Fsp3) is 0.750. The third kappa shape index (κ3) is 2.04. The fourth-order valence-corrected chi connectivity index (χ4v) is 7.32. The van der Waals surface area contributed by atoms with Crippen molar-refractivity contribution in [2.24, 2.45) is 29.6 Å². The third-order valence-corrected chi connectivity index (χ3v) is 7.88. The molecular weight excluding hydrogens is 318 g/mol. The lowest BCUT2D eigenvalue weighted by atomic mass is 9.50. The molecule has 3 heteroatoms. The minimum Gasteiger partial charge on any atom is -0.312 e. The standard InChI is InChI=1S/C16H22BrNS/c1-18-15(16-13(17)2-3-19-16)14-11-5-9-4-10(7-11)8-12(14)6-9/h2-3,9-12,14-15,18H,4-8H2,1H3. The van der Waals surface area contributed by atoms with Crippen molar-refractivity contribution < 1.29 is 0 Å². The van der Waals surface area contributed by atoms with Crippen molar-refractivity contribution in [3.8, 4) is 0 Å². The molecular formula is C16H22BrNS. The predicted molar refractivity (Wildman–Crippen MR) is 84.4 cm³/mol. The van der Waals surface area contributed by atoms with Gasteiger partial charge in [0.25, 0.3) is 0 Å². The maximum atomic E-state index is 3.75. The molecule has 4 saturated carbocycles. The Kier molecular flexibility index (Phi) is 3.28. The molecule has 0 saturated heterocycles. The summed E-state index contributed by atoms with van der Waals surface area (Å²) < 4.78 is 1.31. The molecule has 0 spiro atoms. The van der Waals surface area contributed by atoms with E-state index in [1.54, 1.807) is 6.42 Å². The van der Waals surface area contributed by atoms with Gasteiger partial charge in [0, 0.05) is 15.4 Å². The highest BCUT2D eigenvalue weighted by Gasteiger charge is 2.50. The van der Waals surface area contributed by atoms with E-state index in [1.165, 1.54) is 35.0 Å². The Balaban J connectivity index is 1.66. The van der Waals surface area contributed by atoms with Crippen LogP contribution in [0.3, 0.4) is 0 Å². The minimum atomic E-state index is 0.573. The van der Waals surface area contributed by atoms with Gasteiger partial charge in [-0.25, -0.2) is 0 Å². The molecule has 0 amide bonds. The number of halogens is 1. The molecule has 0 aliphatic heterocycles. The van der Waals surface area contributed by atoms with E-state index in [0.717, 1.165) is 29.6 Å². The van der Waals surface area contributed by atoms with Gasteiger partial charge in [0.15, 0.2) is 0 Å². The molecule has 5 rings (SSSR count). The molecule has 1 N–H and O–H groups in total. The van der Waals surface area contributed by atoms with Crippen molar-refractivity contribution in [2.45, 2.75) is 38.1 Å². The van der Waals surface area contributed by atoms with Crippen LogP contribution in [0, 0.1) is 29.6 Å². The normalized spacial score (nSPS) is 41.7. The van der Waals surface area contributed by atoms with E-state index in [1.807, 2.05) is 11.3 Å². The van der Waals surface area contributed by atoms with Gasteiger partial charge < -0.3 is 5.32 Å². The maximum Gasteiger partial charge on any atom is 0.0457 e. The van der Waals surface area contributed by atoms with E-state index in [4.69, 9.17) is 0 Å². The maximum absolute atomic E-state index is 3.75. The average Bonchev–Trinajstić information content (AvgIpc) is 2.79. The number of nitrogens with one attached hydrogen (secondary N) is 1. The summed E-state index contributed by atoms with van der Waals surface area (Å²) in [5, 5.41) is 5.88. The molecule has 1 heterocycles. The van der Waals surface area contributed by atoms with E-state index < -0.39 is 0 Å². The van der Waals surface area contributed by atoms with Crippen LogP contribution in [0.25, 0.3) is 0 Å². The van der Waals surface area contributed by atoms with Gasteiger partial charge in [0.2, 0.25) is 0 Å². The second kappa shape index (κ2) is 4.85. The smallest absolute Gasteiger partial charge is 0.0457 e. The molecule has 104 valence electrons. The first kappa shape index (κ1) is 12.8. The van der Waals surface area contributed by atoms with Crippen molar-refractivity contribution in [1.29, 1.82) is 0 Å². The van der Waals surface area contributed by atoms with Crippen LogP contribution in [0.5, 0.6) is 0 Å². The Morgan fingerprint density at radius 2 is 1.79 bits per heavy atom. The van der Waals surface area contributed by atoms with E-state index >= 15 is 0 Å². The van der Waals surface area contributed by atoms with Crippen LogP contribution >= 0.6 is 27.3 Å². The summed E-state index contributed by atoms with van der Waals surface area (Å²) in [4.78, 5) is 1.53. The van der Waals surface area contributed by atoms with Crippen molar-refractivity contribution in [3.05, 3.63) is 20.8 Å². The molecule has 1 aromatic heterocycles. The van der Waals surface area contributed by atoms with Gasteiger partial charge in [0.05, 0.1) is 0 Å². The zero-order valence-corrected chi connectivity index (χ0v) is 13.8. The predicted octanol–water partition coefficient (Wildman–Crippen LogP) is 4.84. The van der Waals surface area contributed by atoms with E-state index in [2.05, 4.69) is 39.7 Å². The van der Waals surface area contributed by atoms with Crippen molar-refractivity contribution in [2.75, 3.05) is 7.05 Å². The fourth-order valence-electron chi connectivity index (χ4n) is 5.54. The molecule has 1 aromatic rings. The molecule has 19 heavy (non-hydrogen) atoms. The summed E-state index contributed by atoms with van der Waals surface area (Å²) in [5.74, 6) is 5.00. The molecule has 4 aliphatic carbocycles. The Morgan fingerprint density at radius 3 is 2.26 bits per heavy atom. The minimum absolute atomic E-state index is 0.573. The summed E-state index contributed by atoms with van der Waals surface area (Å²) in [6.07, 6.45) is 7.60. The summed E-state index contributed by atoms with van der Waals surface area (Å²) in [7, 11) is 2.15. The molecule has 1 unspecified atom stereocenters. The molecule has 0 radical (unpaired) electrons. The van der Waals surface area contributed by atoms with Gasteiger partial charge in [-0.2, -0.15) is 0 Å². The van der Waals surface area contributed by atoms with Gasteiger partial charge in [-0.15, -0.1) is 11.3 Å². The molecule has 4 fully saturated rings. The number of rotatable bonds is 3. The third-order valence-electron chi connectivity index (χ3n) is 5.92. The van der Waals surface area contributed by atoms with Gasteiger partial charge in [-0.1, -0.05) is 0 Å². The Labute approximate surface area is 128 Å². The van der Waals surface area contributed by atoms with Crippen LogP contribution in [-0.2, 0) is 0 Å². The van der Waals surface area contributed by atoms with Crippen molar-refractivity contribution in [1.82, 2.24) is 5.32 Å². The Hall–Kier alpha value is 0.140. The number of thiophene rings is 1. The van der Waals surface area contributed by atoms with E-state index in [-0.39, 0.29) is 0 Å². The highest BCUT2D eigenvalue weighted by atomic mass is 79.9. The second-order valence-electron chi connectivity index (χ2n) is 6.91. The van der Waals surface area contributed by atoms with E-state index in [9.17, 15) is 0 Å². The lowest BCUT2D eigenvalue weighted by Gasteiger charge is -2.56. The first-order valence-electron chi connectivity index (χ1n) is 7.66. The largest absolute Gasteiger partial charge is 0.312 e. The zero-order valence-electron chi connectivity index (χ0n) is 11.4. The topological polar surface area (TPSA) is 12.0 Å². The molecule has 4 aliphatic rings. The number of hydrogen-bond donors (Lipinski definition) is 1. The van der Waals surface area contributed by atoms with Gasteiger partial charge in [-0.3, -0.25) is 0 Å². The lowest BCUT2D eigenvalue weighted by molar-refractivity contribution is -0.0511. The van der Waals surface area contributed by atoms with Gasteiger partial charge in [-0.05, 0) is 96.1 Å². The van der Waals surface area contributed by atoms with Crippen LogP contribution in [-0.4, -0.2) is 7.05 Å². The van der Waals surface area contributed by atoms with Crippen molar-refractivity contribution in [3.63, 3.8) is 0 Å². The van der Waals surface area contributed by atoms with Crippen LogP contribution in [0.2, 0.25) is 0 Å². The Morgan fingerprint density at radius 1 is 1.16 bits per heavy atom. The van der Waals surface area contributed by atoms with Crippen LogP contribution in [0.4, 0.5) is 0 Å². The summed E-state index contributed by atoms with van der Waals surface area (Å²) in [6.45, 7) is 0. The first-order valence-corrected chi connectivity index (χ1v) is 9.33. The highest BCUT2D eigenvalue weighted by molar-refractivity contribution is 9.10. The lowest BCUT2D eigenvalue weighted by Crippen LogP contribution is -2.49. The zero-order chi connectivity index (χ0) is 13.0. The molecule has 4 bridgehead atoms. The van der Waals surface area contributed by atoms with Gasteiger partial charge in [0.1, 0.15) is 0 Å². The summed E-state index contributed by atoms with van der Waals surface area (Å²) in [6, 6.07) is 2.78. The average molecular weight is 340 g/mol. The quantitative estimate of drug-likeness (QED) is 0.830. The van der Waals surface area contributed by atoms with Crippen LogP contribution < -0.4 is 5.32 Å². The van der Waals surface area contributed by atoms with Crippen molar-refractivity contribution >= 4 is 27.3 Å². The SMILES string of the molecule is CNC(c1sccc1Br)C1C2CC3CC(C2)CC1C3. The molecule has 1 nitrogen and oxygen atoms in total. The van der Waals surface area contributed by atoms with Crippen LogP contribution in [0.15, 0.2) is 15.9 Å². The summed E-state index contributed by atoms with van der Waals surface area (Å²) >= 11 is 5.66. The first-order chi connectivity index (χ1) is 9.26. The monoisotopic (exact) mass is 339 g/mol. The van der Waals surface area contributed by atoms with Crippen LogP contribution in [0.1, 0.15) is 43.0 Å². The van der Waals surface area contributed by atoms with Gasteiger partial charge >= 0.3 is 0 Å². The van der Waals surface area contributed by atoms with E-state index in [0.29, 0.717) is 6.04 Å². The molecule has 0 aromatic carbocycles. The number of hydrogen-bond acceptors (Lipinski definition) is 2. The second-order valence-corrected chi connectivity index (χ2v) is 8.71. The highest BCUT2D eigenvalue weighted by Crippen LogP contribution is 2.59. The molecule has 1 atom stereocenters.